The first-order valence-electron chi connectivity index (χ1n) is 3.45. The van der Waals surface area contributed by atoms with E-state index in [0.29, 0.717) is 0 Å². The fourth-order valence-electron chi connectivity index (χ4n) is 1.18. The number of aromatic amines is 2. The zero-order valence-electron chi connectivity index (χ0n) is 5.94. The molecule has 3 rings (SSSR count). The highest BCUT2D eigenvalue weighted by molar-refractivity contribution is 5.89. The molecule has 6 nitrogen and oxygen atoms in total. The second-order valence-electron chi connectivity index (χ2n) is 2.49. The third kappa shape index (κ3) is 0.584. The minimum Gasteiger partial charge on any atom is -0.257 e. The third-order valence-electron chi connectivity index (χ3n) is 1.76. The molecule has 58 valence electrons. The maximum Gasteiger partial charge on any atom is 0.115 e. The van der Waals surface area contributed by atoms with Gasteiger partial charge in [-0.15, -0.1) is 5.10 Å². The highest BCUT2D eigenvalue weighted by Gasteiger charge is 2.02. The Hall–Kier alpha value is -1.98. The van der Waals surface area contributed by atoms with Crippen LogP contribution in [0.25, 0.3) is 22.1 Å². The molecule has 0 aliphatic rings. The molecule has 6 heteroatoms. The largest absolute Gasteiger partial charge is 0.257 e. The van der Waals surface area contributed by atoms with Gasteiger partial charge < -0.3 is 0 Å². The van der Waals surface area contributed by atoms with Gasteiger partial charge in [-0.3, -0.25) is 5.10 Å². The molecule has 1 aromatic carbocycles. The van der Waals surface area contributed by atoms with Gasteiger partial charge in [-0.2, -0.15) is 15.4 Å². The molecule has 0 bridgehead atoms. The molecule has 0 fully saturated rings. The van der Waals surface area contributed by atoms with E-state index < -0.39 is 0 Å². The van der Waals surface area contributed by atoms with Crippen molar-refractivity contribution >= 4 is 22.1 Å². The minimum absolute atomic E-state index is 0.802. The third-order valence-corrected chi connectivity index (χ3v) is 1.76. The average molecular weight is 160 g/mol. The predicted molar refractivity (Wildman–Crippen MR) is 41.3 cm³/mol. The second kappa shape index (κ2) is 1.79. The normalized spacial score (nSPS) is 11.3. The maximum absolute atomic E-state index is 3.94. The van der Waals surface area contributed by atoms with Crippen LogP contribution in [0.1, 0.15) is 0 Å². The molecule has 2 aromatic heterocycles. The summed E-state index contributed by atoms with van der Waals surface area (Å²) in [5, 5.41) is 20.7. The van der Waals surface area contributed by atoms with Crippen LogP contribution in [0.15, 0.2) is 12.1 Å². The first-order valence-corrected chi connectivity index (χ1v) is 3.45. The van der Waals surface area contributed by atoms with E-state index in [2.05, 4.69) is 30.8 Å². The Morgan fingerprint density at radius 1 is 1.00 bits per heavy atom. The molecule has 12 heavy (non-hydrogen) atoms. The summed E-state index contributed by atoms with van der Waals surface area (Å²) in [6.45, 7) is 0. The van der Waals surface area contributed by atoms with Crippen LogP contribution in [0, 0.1) is 0 Å². The summed E-state index contributed by atoms with van der Waals surface area (Å²) >= 11 is 0. The van der Waals surface area contributed by atoms with Gasteiger partial charge in [0.1, 0.15) is 16.6 Å². The molecular weight excluding hydrogens is 156 g/mol. The number of fused-ring (bicyclic) bond motifs is 2. The van der Waals surface area contributed by atoms with Crippen molar-refractivity contribution in [1.29, 1.82) is 0 Å². The molecule has 0 saturated carbocycles. The number of hydrogen-bond acceptors (Lipinski definition) is 4. The number of aromatic nitrogens is 6. The Morgan fingerprint density at radius 2 is 1.83 bits per heavy atom. The first kappa shape index (κ1) is 5.64. The Labute approximate surface area is 66.0 Å². The summed E-state index contributed by atoms with van der Waals surface area (Å²) in [6.07, 6.45) is 0. The van der Waals surface area contributed by atoms with Crippen molar-refractivity contribution in [2.24, 2.45) is 0 Å². The van der Waals surface area contributed by atoms with E-state index in [4.69, 9.17) is 0 Å². The van der Waals surface area contributed by atoms with E-state index in [0.717, 1.165) is 22.1 Å². The van der Waals surface area contributed by atoms with Gasteiger partial charge in [0.15, 0.2) is 0 Å². The molecule has 2 heterocycles. The summed E-state index contributed by atoms with van der Waals surface area (Å²) < 4.78 is 0. The Morgan fingerprint density at radius 3 is 2.75 bits per heavy atom. The summed E-state index contributed by atoms with van der Waals surface area (Å²) in [5.74, 6) is 0. The lowest BCUT2D eigenvalue weighted by molar-refractivity contribution is 0.953. The van der Waals surface area contributed by atoms with Crippen molar-refractivity contribution in [2.75, 3.05) is 0 Å². The molecule has 0 saturated heterocycles. The van der Waals surface area contributed by atoms with E-state index in [9.17, 15) is 0 Å². The van der Waals surface area contributed by atoms with Gasteiger partial charge in [0, 0.05) is 0 Å². The zero-order valence-corrected chi connectivity index (χ0v) is 5.94. The fraction of sp³-hybridized carbons (Fsp3) is 0. The molecule has 0 atom stereocenters. The van der Waals surface area contributed by atoms with E-state index in [-0.39, 0.29) is 0 Å². The van der Waals surface area contributed by atoms with Gasteiger partial charge in [0.2, 0.25) is 0 Å². The fourth-order valence-corrected chi connectivity index (χ4v) is 1.18. The minimum atomic E-state index is 0.802. The lowest BCUT2D eigenvalue weighted by atomic mass is 10.3. The molecule has 0 spiro atoms. The van der Waals surface area contributed by atoms with Gasteiger partial charge in [0.25, 0.3) is 0 Å². The monoisotopic (exact) mass is 160 g/mol. The summed E-state index contributed by atoms with van der Waals surface area (Å²) in [7, 11) is 0. The number of nitrogens with one attached hydrogen (secondary N) is 2. The zero-order chi connectivity index (χ0) is 7.97. The van der Waals surface area contributed by atoms with Crippen LogP contribution in [-0.2, 0) is 0 Å². The molecule has 3 aromatic rings. The van der Waals surface area contributed by atoms with Crippen LogP contribution in [0.3, 0.4) is 0 Å². The highest BCUT2D eigenvalue weighted by atomic mass is 15.3. The van der Waals surface area contributed by atoms with Crippen molar-refractivity contribution in [1.82, 2.24) is 30.8 Å². The van der Waals surface area contributed by atoms with Crippen LogP contribution < -0.4 is 0 Å². The summed E-state index contributed by atoms with van der Waals surface area (Å²) in [4.78, 5) is 0. The SMILES string of the molecule is c1c2n[nH]nc2cc2[nH]nnc12. The molecule has 0 aliphatic carbocycles. The van der Waals surface area contributed by atoms with Gasteiger partial charge in [-0.1, -0.05) is 5.21 Å². The molecule has 0 unspecified atom stereocenters. The standard InChI is InChI=1S/C6H4N6/c1-3-5(9-11-7-3)2-6-4(1)8-12-10-6/h1-2H,(H,7,9,11)(H,8,10,12). The molecular formula is C6H4N6. The number of nitrogens with zero attached hydrogens (tertiary/aromatic N) is 4. The topological polar surface area (TPSA) is 83.1 Å². The van der Waals surface area contributed by atoms with Crippen LogP contribution in [-0.4, -0.2) is 30.8 Å². The lowest BCUT2D eigenvalue weighted by Gasteiger charge is -1.84. The van der Waals surface area contributed by atoms with E-state index >= 15 is 0 Å². The van der Waals surface area contributed by atoms with Crippen molar-refractivity contribution in [3.63, 3.8) is 0 Å². The second-order valence-corrected chi connectivity index (χ2v) is 2.49. The van der Waals surface area contributed by atoms with Gasteiger partial charge in [-0.25, -0.2) is 0 Å². The van der Waals surface area contributed by atoms with Crippen molar-refractivity contribution in [3.05, 3.63) is 12.1 Å². The maximum atomic E-state index is 3.94. The highest BCUT2D eigenvalue weighted by Crippen LogP contribution is 2.14. The van der Waals surface area contributed by atoms with E-state index in [1.54, 1.807) is 0 Å². The van der Waals surface area contributed by atoms with Crippen LogP contribution >= 0.6 is 0 Å². The van der Waals surface area contributed by atoms with Crippen LogP contribution in [0.2, 0.25) is 0 Å². The van der Waals surface area contributed by atoms with Crippen LogP contribution in [0.4, 0.5) is 0 Å². The quantitative estimate of drug-likeness (QED) is 0.493. The number of rotatable bonds is 0. The number of H-pyrrole nitrogens is 2. The van der Waals surface area contributed by atoms with Crippen molar-refractivity contribution < 1.29 is 0 Å². The van der Waals surface area contributed by atoms with Crippen molar-refractivity contribution in [2.45, 2.75) is 0 Å². The van der Waals surface area contributed by atoms with Gasteiger partial charge in [0.05, 0.1) is 5.52 Å². The Bertz CT molecular complexity index is 444. The van der Waals surface area contributed by atoms with Gasteiger partial charge >= 0.3 is 0 Å². The molecule has 0 amide bonds. The van der Waals surface area contributed by atoms with Crippen molar-refractivity contribution in [3.8, 4) is 0 Å². The molecule has 2 N–H and O–H groups in total. The first-order chi connectivity index (χ1) is 5.93. The van der Waals surface area contributed by atoms with Crippen LogP contribution in [0.5, 0.6) is 0 Å². The lowest BCUT2D eigenvalue weighted by Crippen LogP contribution is -1.71. The Balaban J connectivity index is 2.62. The summed E-state index contributed by atoms with van der Waals surface area (Å²) in [6, 6.07) is 3.69. The average Bonchev–Trinajstić information content (AvgIpc) is 2.64. The predicted octanol–water partition coefficient (Wildman–Crippen LogP) is 0.229. The Kier molecular flexibility index (Phi) is 0.840. The number of benzene rings is 1. The van der Waals surface area contributed by atoms with E-state index in [1.807, 2.05) is 12.1 Å². The summed E-state index contributed by atoms with van der Waals surface area (Å²) in [5.41, 5.74) is 3.29. The van der Waals surface area contributed by atoms with Gasteiger partial charge in [-0.05, 0) is 12.1 Å². The number of hydrogen-bond donors (Lipinski definition) is 2. The molecule has 0 aliphatic heterocycles. The van der Waals surface area contributed by atoms with E-state index in [1.165, 1.54) is 0 Å². The smallest absolute Gasteiger partial charge is 0.115 e. The molecule has 0 radical (unpaired) electrons.